The first-order valence-electron chi connectivity index (χ1n) is 7.39. The van der Waals surface area contributed by atoms with E-state index in [0.717, 1.165) is 0 Å². The summed E-state index contributed by atoms with van der Waals surface area (Å²) in [7, 11) is -4.08. The van der Waals surface area contributed by atoms with E-state index in [4.69, 9.17) is 26.1 Å². The van der Waals surface area contributed by atoms with Crippen molar-refractivity contribution >= 4 is 21.8 Å². The van der Waals surface area contributed by atoms with Gasteiger partial charge in [-0.25, -0.2) is 23.5 Å². The van der Waals surface area contributed by atoms with Crippen LogP contribution >= 0.6 is 0 Å². The number of pyridine rings is 1. The summed E-state index contributed by atoms with van der Waals surface area (Å²) in [6, 6.07) is 1.25. The topological polar surface area (TPSA) is 169 Å². The summed E-state index contributed by atoms with van der Waals surface area (Å²) in [4.78, 5) is 11.6. The summed E-state index contributed by atoms with van der Waals surface area (Å²) < 4.78 is 34.7. The Morgan fingerprint density at radius 1 is 1.20 bits per heavy atom. The second-order valence-corrected chi connectivity index (χ2v) is 6.92. The Morgan fingerprint density at radius 2 is 1.88 bits per heavy atom. The number of anilines is 2. The number of hydrogen-bond donors (Lipinski definition) is 3. The first-order valence-corrected chi connectivity index (χ1v) is 8.94. The number of rotatable bonds is 6. The van der Waals surface area contributed by atoms with Crippen LogP contribution in [0.5, 0.6) is 17.4 Å². The van der Waals surface area contributed by atoms with Crippen molar-refractivity contribution in [2.75, 3.05) is 18.1 Å². The molecule has 0 bridgehead atoms. The highest BCUT2D eigenvalue weighted by Crippen LogP contribution is 2.36. The average Bonchev–Trinajstić information content (AvgIpc) is 2.50. The van der Waals surface area contributed by atoms with Crippen LogP contribution < -0.4 is 26.1 Å². The third-order valence-corrected chi connectivity index (χ3v) is 4.01. The molecule has 0 atom stereocenters. The van der Waals surface area contributed by atoms with Crippen molar-refractivity contribution < 1.29 is 17.9 Å². The van der Waals surface area contributed by atoms with Gasteiger partial charge >= 0.3 is 0 Å². The van der Waals surface area contributed by atoms with E-state index < -0.39 is 10.0 Å². The van der Waals surface area contributed by atoms with Gasteiger partial charge in [0.05, 0.1) is 18.5 Å². The van der Waals surface area contributed by atoms with Gasteiger partial charge in [-0.2, -0.15) is 4.98 Å². The zero-order valence-electron chi connectivity index (χ0n) is 14.1. The smallest absolute Gasteiger partial charge is 0.243 e. The third kappa shape index (κ3) is 4.25. The van der Waals surface area contributed by atoms with Crippen molar-refractivity contribution in [2.24, 2.45) is 5.14 Å². The number of ether oxygens (including phenoxy) is 2. The molecule has 10 nitrogen and oxygen atoms in total. The van der Waals surface area contributed by atoms with E-state index in [9.17, 15) is 8.42 Å². The summed E-state index contributed by atoms with van der Waals surface area (Å²) in [5.41, 5.74) is 11.7. The summed E-state index contributed by atoms with van der Waals surface area (Å²) in [6.45, 7) is 5.67. The molecule has 2 aromatic heterocycles. The maximum Gasteiger partial charge on any atom is 0.243 e. The van der Waals surface area contributed by atoms with Gasteiger partial charge in [0.25, 0.3) is 0 Å². The van der Waals surface area contributed by atoms with Crippen LogP contribution in [-0.2, 0) is 10.0 Å². The molecule has 0 radical (unpaired) electrons. The van der Waals surface area contributed by atoms with Crippen LogP contribution in [0.4, 0.5) is 11.8 Å². The van der Waals surface area contributed by atoms with Crippen molar-refractivity contribution in [3.05, 3.63) is 18.0 Å². The molecule has 0 aliphatic carbocycles. The largest absolute Gasteiger partial charge is 0.477 e. The van der Waals surface area contributed by atoms with Gasteiger partial charge in [0.1, 0.15) is 4.90 Å². The van der Waals surface area contributed by atoms with Crippen LogP contribution in [0.1, 0.15) is 32.4 Å². The van der Waals surface area contributed by atoms with Crippen LogP contribution in [0.25, 0.3) is 0 Å². The van der Waals surface area contributed by atoms with E-state index in [1.54, 1.807) is 6.92 Å². The molecule has 2 rings (SSSR count). The number of nitrogens with two attached hydrogens (primary N) is 3. The van der Waals surface area contributed by atoms with Gasteiger partial charge < -0.3 is 20.9 Å². The molecule has 0 saturated heterocycles. The van der Waals surface area contributed by atoms with Crippen molar-refractivity contribution in [1.82, 2.24) is 15.0 Å². The molecule has 0 spiro atoms. The second-order valence-electron chi connectivity index (χ2n) is 5.39. The predicted molar refractivity (Wildman–Crippen MR) is 91.8 cm³/mol. The molecule has 2 aromatic rings. The summed E-state index contributed by atoms with van der Waals surface area (Å²) in [5.74, 6) is 0.0874. The SMILES string of the molecule is CCOc1nc(C(C)C)c(Oc2cnc(N)nc2N)cc1S(N)(=O)=O. The first kappa shape index (κ1) is 18.7. The number of aromatic nitrogens is 3. The van der Waals surface area contributed by atoms with Crippen molar-refractivity contribution in [3.8, 4) is 17.4 Å². The van der Waals surface area contributed by atoms with E-state index in [1.165, 1.54) is 12.3 Å². The zero-order valence-corrected chi connectivity index (χ0v) is 14.9. The maximum absolute atomic E-state index is 11.9. The molecular weight excluding hydrogens is 348 g/mol. The van der Waals surface area contributed by atoms with E-state index in [1.807, 2.05) is 13.8 Å². The van der Waals surface area contributed by atoms with Gasteiger partial charge in [-0.15, -0.1) is 0 Å². The number of hydrogen-bond acceptors (Lipinski definition) is 9. The molecule has 0 aliphatic rings. The molecule has 0 amide bonds. The second kappa shape index (κ2) is 7.07. The number of sulfonamides is 1. The Bertz CT molecular complexity index is 885. The lowest BCUT2D eigenvalue weighted by Gasteiger charge is -2.17. The highest BCUT2D eigenvalue weighted by Gasteiger charge is 2.23. The lowest BCUT2D eigenvalue weighted by Crippen LogP contribution is -2.16. The van der Waals surface area contributed by atoms with E-state index in [-0.39, 0.29) is 46.6 Å². The first-order chi connectivity index (χ1) is 11.6. The molecule has 136 valence electrons. The van der Waals surface area contributed by atoms with Crippen molar-refractivity contribution in [1.29, 1.82) is 0 Å². The van der Waals surface area contributed by atoms with Crippen LogP contribution in [0.2, 0.25) is 0 Å². The molecule has 0 unspecified atom stereocenters. The minimum atomic E-state index is -4.08. The van der Waals surface area contributed by atoms with Gasteiger partial charge in [0.2, 0.25) is 21.9 Å². The minimum absolute atomic E-state index is 0.00764. The number of primary sulfonamides is 1. The Labute approximate surface area is 145 Å². The normalized spacial score (nSPS) is 11.6. The maximum atomic E-state index is 11.9. The van der Waals surface area contributed by atoms with Gasteiger partial charge in [-0.3, -0.25) is 0 Å². The lowest BCUT2D eigenvalue weighted by molar-refractivity contribution is 0.313. The van der Waals surface area contributed by atoms with E-state index in [0.29, 0.717) is 5.69 Å². The fourth-order valence-corrected chi connectivity index (χ4v) is 2.63. The fourth-order valence-electron chi connectivity index (χ4n) is 2.01. The van der Waals surface area contributed by atoms with Crippen LogP contribution in [0, 0.1) is 0 Å². The molecule has 25 heavy (non-hydrogen) atoms. The minimum Gasteiger partial charge on any atom is -0.477 e. The standard InChI is InChI=1S/C14H20N6O4S/c1-4-23-13-10(25(17,21)22)5-8(11(19-13)7(2)3)24-9-6-18-14(16)20-12(9)15/h5-7H,4H2,1-3H3,(H2,17,21,22)(H4,15,16,18,20). The Balaban J connectivity index is 2.62. The van der Waals surface area contributed by atoms with Gasteiger partial charge in [-0.05, 0) is 12.8 Å². The molecule has 0 saturated carbocycles. The summed E-state index contributed by atoms with van der Waals surface area (Å²) in [6.07, 6.45) is 1.29. The summed E-state index contributed by atoms with van der Waals surface area (Å²) >= 11 is 0. The van der Waals surface area contributed by atoms with Crippen LogP contribution in [0.15, 0.2) is 17.2 Å². The lowest BCUT2D eigenvalue weighted by atomic mass is 10.1. The zero-order chi connectivity index (χ0) is 18.8. The monoisotopic (exact) mass is 368 g/mol. The quantitative estimate of drug-likeness (QED) is 0.673. The fraction of sp³-hybridized carbons (Fsp3) is 0.357. The predicted octanol–water partition coefficient (Wildman–Crippen LogP) is 0.998. The molecule has 0 fully saturated rings. The highest BCUT2D eigenvalue weighted by molar-refractivity contribution is 7.89. The molecule has 11 heteroatoms. The molecular formula is C14H20N6O4S. The Kier molecular flexibility index (Phi) is 5.28. The van der Waals surface area contributed by atoms with E-state index >= 15 is 0 Å². The summed E-state index contributed by atoms with van der Waals surface area (Å²) in [5, 5.41) is 5.26. The van der Waals surface area contributed by atoms with Gasteiger partial charge in [-0.1, -0.05) is 13.8 Å². The van der Waals surface area contributed by atoms with Crippen LogP contribution in [-0.4, -0.2) is 30.0 Å². The van der Waals surface area contributed by atoms with Crippen LogP contribution in [0.3, 0.4) is 0 Å². The highest BCUT2D eigenvalue weighted by atomic mass is 32.2. The molecule has 6 N–H and O–H groups in total. The van der Waals surface area contributed by atoms with E-state index in [2.05, 4.69) is 15.0 Å². The van der Waals surface area contributed by atoms with Gasteiger partial charge in [0, 0.05) is 6.07 Å². The molecule has 0 aliphatic heterocycles. The van der Waals surface area contributed by atoms with Gasteiger partial charge in [0.15, 0.2) is 17.3 Å². The number of nitrogen functional groups attached to an aromatic ring is 2. The molecule has 0 aromatic carbocycles. The average molecular weight is 368 g/mol. The Morgan fingerprint density at radius 3 is 2.40 bits per heavy atom. The number of nitrogens with zero attached hydrogens (tertiary/aromatic N) is 3. The van der Waals surface area contributed by atoms with Crippen molar-refractivity contribution in [3.63, 3.8) is 0 Å². The molecule has 2 heterocycles. The Hall–Kier alpha value is -2.66. The third-order valence-electron chi connectivity index (χ3n) is 3.10. The van der Waals surface area contributed by atoms with Crippen molar-refractivity contribution in [2.45, 2.75) is 31.6 Å².